The van der Waals surface area contributed by atoms with E-state index < -0.39 is 5.97 Å². The molecule has 0 unspecified atom stereocenters. The molecule has 1 amide bonds. The Bertz CT molecular complexity index is 461. The molecule has 1 saturated heterocycles. The molecule has 1 aromatic rings. The molecule has 0 atom stereocenters. The van der Waals surface area contributed by atoms with Gasteiger partial charge >= 0.3 is 5.97 Å². The van der Waals surface area contributed by atoms with Gasteiger partial charge in [-0.1, -0.05) is 0 Å². The summed E-state index contributed by atoms with van der Waals surface area (Å²) in [6.07, 6.45) is 1.49. The fourth-order valence-corrected chi connectivity index (χ4v) is 2.19. The van der Waals surface area contributed by atoms with Crippen LogP contribution in [0, 0.1) is 0 Å². The van der Waals surface area contributed by atoms with Gasteiger partial charge in [-0.2, -0.15) is 0 Å². The summed E-state index contributed by atoms with van der Waals surface area (Å²) < 4.78 is 9.82. The minimum Gasteiger partial charge on any atom is -0.463 e. The van der Waals surface area contributed by atoms with Crippen LogP contribution in [0.15, 0.2) is 16.7 Å². The van der Waals surface area contributed by atoms with E-state index in [4.69, 9.17) is 4.42 Å². The molecule has 104 valence electrons. The second kappa shape index (κ2) is 5.88. The summed E-state index contributed by atoms with van der Waals surface area (Å²) in [7, 11) is 1.33. The highest BCUT2D eigenvalue weighted by molar-refractivity contribution is 5.87. The van der Waals surface area contributed by atoms with E-state index in [2.05, 4.69) is 9.64 Å². The van der Waals surface area contributed by atoms with Gasteiger partial charge in [-0.25, -0.2) is 4.79 Å². The average molecular weight is 266 g/mol. The molecule has 0 aliphatic carbocycles. The normalized spacial score (nSPS) is 16.4. The standard InChI is InChI=1S/C13H18N2O4/c1-10(16)15-6-4-14(5-7-15)9-11-3-8-19-12(11)13(17)18-2/h3,8H,4-7,9H2,1-2H3. The fraction of sp³-hybridized carbons (Fsp3) is 0.538. The van der Waals surface area contributed by atoms with Crippen LogP contribution in [0.4, 0.5) is 0 Å². The second-order valence-corrected chi connectivity index (χ2v) is 4.55. The van der Waals surface area contributed by atoms with E-state index in [-0.39, 0.29) is 11.7 Å². The van der Waals surface area contributed by atoms with Gasteiger partial charge in [0.15, 0.2) is 0 Å². The van der Waals surface area contributed by atoms with Crippen LogP contribution in [-0.2, 0) is 16.1 Å². The summed E-state index contributed by atoms with van der Waals surface area (Å²) in [4.78, 5) is 26.7. The molecule has 2 heterocycles. The van der Waals surface area contributed by atoms with Crippen molar-refractivity contribution in [1.82, 2.24) is 9.80 Å². The van der Waals surface area contributed by atoms with E-state index in [1.165, 1.54) is 13.4 Å². The topological polar surface area (TPSA) is 63.0 Å². The lowest BCUT2D eigenvalue weighted by Crippen LogP contribution is -2.47. The van der Waals surface area contributed by atoms with Crippen molar-refractivity contribution in [2.75, 3.05) is 33.3 Å². The third-order valence-electron chi connectivity index (χ3n) is 3.33. The highest BCUT2D eigenvalue weighted by Crippen LogP contribution is 2.15. The number of carbonyl (C=O) groups is 2. The van der Waals surface area contributed by atoms with E-state index in [1.807, 2.05) is 4.90 Å². The predicted octanol–water partition coefficient (Wildman–Crippen LogP) is 0.730. The molecule has 0 aromatic carbocycles. The first-order valence-corrected chi connectivity index (χ1v) is 6.24. The molecule has 0 saturated carbocycles. The Labute approximate surface area is 111 Å². The van der Waals surface area contributed by atoms with Crippen molar-refractivity contribution in [3.05, 3.63) is 23.7 Å². The summed E-state index contributed by atoms with van der Waals surface area (Å²) in [5, 5.41) is 0. The lowest BCUT2D eigenvalue weighted by atomic mass is 10.2. The summed E-state index contributed by atoms with van der Waals surface area (Å²) in [5.41, 5.74) is 0.822. The molecular weight excluding hydrogens is 248 g/mol. The minimum absolute atomic E-state index is 0.109. The molecule has 1 aromatic heterocycles. The summed E-state index contributed by atoms with van der Waals surface area (Å²) in [6.45, 7) is 5.26. The first-order chi connectivity index (χ1) is 9.11. The molecule has 2 rings (SSSR count). The Balaban J connectivity index is 1.94. The van der Waals surface area contributed by atoms with Crippen molar-refractivity contribution in [1.29, 1.82) is 0 Å². The maximum absolute atomic E-state index is 11.5. The number of furan rings is 1. The smallest absolute Gasteiger partial charge is 0.374 e. The zero-order valence-corrected chi connectivity index (χ0v) is 11.2. The quantitative estimate of drug-likeness (QED) is 0.755. The van der Waals surface area contributed by atoms with Gasteiger partial charge in [-0.3, -0.25) is 9.69 Å². The summed E-state index contributed by atoms with van der Waals surface area (Å²) in [5.74, 6) is -0.0860. The van der Waals surface area contributed by atoms with Crippen molar-refractivity contribution in [2.24, 2.45) is 0 Å². The number of esters is 1. The Morgan fingerprint density at radius 1 is 1.32 bits per heavy atom. The Morgan fingerprint density at radius 2 is 2.00 bits per heavy atom. The average Bonchev–Trinajstić information content (AvgIpc) is 2.86. The molecule has 1 aliphatic heterocycles. The van der Waals surface area contributed by atoms with Gasteiger partial charge in [0, 0.05) is 45.2 Å². The zero-order valence-electron chi connectivity index (χ0n) is 11.2. The first-order valence-electron chi connectivity index (χ1n) is 6.24. The minimum atomic E-state index is -0.456. The van der Waals surface area contributed by atoms with Gasteiger partial charge in [-0.05, 0) is 6.07 Å². The predicted molar refractivity (Wildman–Crippen MR) is 67.6 cm³/mol. The van der Waals surface area contributed by atoms with Crippen LogP contribution in [0.3, 0.4) is 0 Å². The SMILES string of the molecule is COC(=O)c1occc1CN1CCN(C(C)=O)CC1. The highest BCUT2D eigenvalue weighted by Gasteiger charge is 2.22. The number of nitrogens with zero attached hydrogens (tertiary/aromatic N) is 2. The van der Waals surface area contributed by atoms with Crippen molar-refractivity contribution >= 4 is 11.9 Å². The molecule has 6 nitrogen and oxygen atoms in total. The van der Waals surface area contributed by atoms with E-state index >= 15 is 0 Å². The molecule has 6 heteroatoms. The Hall–Kier alpha value is -1.82. The number of ether oxygens (including phenoxy) is 1. The van der Waals surface area contributed by atoms with Gasteiger partial charge in [0.2, 0.25) is 11.7 Å². The van der Waals surface area contributed by atoms with Crippen LogP contribution >= 0.6 is 0 Å². The van der Waals surface area contributed by atoms with Gasteiger partial charge < -0.3 is 14.1 Å². The first kappa shape index (κ1) is 13.6. The van der Waals surface area contributed by atoms with Gasteiger partial charge in [0.1, 0.15) is 0 Å². The third kappa shape index (κ3) is 3.14. The van der Waals surface area contributed by atoms with Crippen LogP contribution in [-0.4, -0.2) is 55.0 Å². The number of piperazine rings is 1. The number of methoxy groups -OCH3 is 1. The van der Waals surface area contributed by atoms with Crippen molar-refractivity contribution < 1.29 is 18.7 Å². The maximum Gasteiger partial charge on any atom is 0.374 e. The van der Waals surface area contributed by atoms with Crippen molar-refractivity contribution in [3.63, 3.8) is 0 Å². The van der Waals surface area contributed by atoms with E-state index in [0.717, 1.165) is 31.7 Å². The Kier molecular flexibility index (Phi) is 4.21. The number of amides is 1. The second-order valence-electron chi connectivity index (χ2n) is 4.55. The molecule has 19 heavy (non-hydrogen) atoms. The number of hydrogen-bond acceptors (Lipinski definition) is 5. The lowest BCUT2D eigenvalue weighted by molar-refractivity contribution is -0.130. The molecule has 0 spiro atoms. The van der Waals surface area contributed by atoms with Gasteiger partial charge in [-0.15, -0.1) is 0 Å². The molecular formula is C13H18N2O4. The largest absolute Gasteiger partial charge is 0.463 e. The third-order valence-corrected chi connectivity index (χ3v) is 3.33. The monoisotopic (exact) mass is 266 g/mol. The zero-order chi connectivity index (χ0) is 13.8. The van der Waals surface area contributed by atoms with E-state index in [0.29, 0.717) is 6.54 Å². The molecule has 0 radical (unpaired) electrons. The highest BCUT2D eigenvalue weighted by atomic mass is 16.5. The molecule has 1 fully saturated rings. The van der Waals surface area contributed by atoms with Crippen LogP contribution in [0.25, 0.3) is 0 Å². The van der Waals surface area contributed by atoms with Crippen LogP contribution in [0.1, 0.15) is 23.0 Å². The van der Waals surface area contributed by atoms with Crippen LogP contribution in [0.2, 0.25) is 0 Å². The summed E-state index contributed by atoms with van der Waals surface area (Å²) >= 11 is 0. The number of rotatable bonds is 3. The molecule has 0 N–H and O–H groups in total. The van der Waals surface area contributed by atoms with Crippen molar-refractivity contribution in [3.8, 4) is 0 Å². The number of hydrogen-bond donors (Lipinski definition) is 0. The van der Waals surface area contributed by atoms with Crippen LogP contribution in [0.5, 0.6) is 0 Å². The molecule has 0 bridgehead atoms. The number of carbonyl (C=O) groups excluding carboxylic acids is 2. The summed E-state index contributed by atoms with van der Waals surface area (Å²) in [6, 6.07) is 1.78. The van der Waals surface area contributed by atoms with E-state index in [1.54, 1.807) is 13.0 Å². The maximum atomic E-state index is 11.5. The molecule has 1 aliphatic rings. The Morgan fingerprint density at radius 3 is 2.58 bits per heavy atom. The van der Waals surface area contributed by atoms with Gasteiger partial charge in [0.25, 0.3) is 0 Å². The lowest BCUT2D eigenvalue weighted by Gasteiger charge is -2.34. The van der Waals surface area contributed by atoms with Crippen LogP contribution < -0.4 is 0 Å². The van der Waals surface area contributed by atoms with Gasteiger partial charge in [0.05, 0.1) is 13.4 Å². The van der Waals surface area contributed by atoms with E-state index in [9.17, 15) is 9.59 Å². The fourth-order valence-electron chi connectivity index (χ4n) is 2.19. The van der Waals surface area contributed by atoms with Crippen molar-refractivity contribution in [2.45, 2.75) is 13.5 Å².